The SMILES string of the molecule is CC/C=C\C/C=C\C/C=C\C/C=C\C/C=C\CCSC(CC)(CC)C(=O)NCCNC(=O)c1ccccc1O. The van der Waals surface area contributed by atoms with E-state index in [-0.39, 0.29) is 23.1 Å². The second kappa shape index (κ2) is 21.9. The molecule has 0 radical (unpaired) electrons. The van der Waals surface area contributed by atoms with Gasteiger partial charge in [0.1, 0.15) is 5.75 Å². The van der Waals surface area contributed by atoms with Crippen molar-refractivity contribution in [3.05, 3.63) is 90.6 Å². The molecule has 0 aromatic heterocycles. The molecule has 0 unspecified atom stereocenters. The lowest BCUT2D eigenvalue weighted by Gasteiger charge is -2.29. The number of aromatic hydroxyl groups is 1. The smallest absolute Gasteiger partial charge is 0.255 e. The third-order valence-electron chi connectivity index (χ3n) is 6.22. The van der Waals surface area contributed by atoms with Gasteiger partial charge in [-0.05, 0) is 69.3 Å². The third kappa shape index (κ3) is 14.7. The van der Waals surface area contributed by atoms with Crippen LogP contribution in [0.5, 0.6) is 5.75 Å². The van der Waals surface area contributed by atoms with Gasteiger partial charge in [-0.25, -0.2) is 0 Å². The average Bonchev–Trinajstić information content (AvgIpc) is 2.95. The molecule has 0 heterocycles. The predicted molar refractivity (Wildman–Crippen MR) is 168 cm³/mol. The summed E-state index contributed by atoms with van der Waals surface area (Å²) in [5.74, 6) is 0.479. The van der Waals surface area contributed by atoms with Crippen LogP contribution in [0.3, 0.4) is 0 Å². The van der Waals surface area contributed by atoms with E-state index in [1.165, 1.54) is 6.07 Å². The van der Waals surface area contributed by atoms with Crippen molar-refractivity contribution in [2.45, 2.75) is 76.9 Å². The van der Waals surface area contributed by atoms with Crippen molar-refractivity contribution in [3.8, 4) is 5.75 Å². The molecule has 39 heavy (non-hydrogen) atoms. The zero-order valence-corrected chi connectivity index (χ0v) is 24.8. The summed E-state index contributed by atoms with van der Waals surface area (Å²) in [6.45, 7) is 6.88. The fourth-order valence-corrected chi connectivity index (χ4v) is 5.06. The number of phenols is 1. The van der Waals surface area contributed by atoms with Crippen molar-refractivity contribution >= 4 is 23.6 Å². The first-order valence-corrected chi connectivity index (χ1v) is 15.2. The molecule has 1 rings (SSSR count). The third-order valence-corrected chi connectivity index (χ3v) is 7.98. The van der Waals surface area contributed by atoms with Crippen molar-refractivity contribution < 1.29 is 14.7 Å². The number of benzene rings is 1. The van der Waals surface area contributed by atoms with E-state index >= 15 is 0 Å². The molecule has 3 N–H and O–H groups in total. The zero-order valence-electron chi connectivity index (χ0n) is 24.0. The predicted octanol–water partition coefficient (Wildman–Crippen LogP) is 7.67. The van der Waals surface area contributed by atoms with Gasteiger partial charge in [0.25, 0.3) is 5.91 Å². The number of thioether (sulfide) groups is 1. The lowest BCUT2D eigenvalue weighted by Crippen LogP contribution is -2.46. The summed E-state index contributed by atoms with van der Waals surface area (Å²) in [7, 11) is 0. The minimum Gasteiger partial charge on any atom is -0.507 e. The second-order valence-electron chi connectivity index (χ2n) is 9.08. The van der Waals surface area contributed by atoms with E-state index in [4.69, 9.17) is 0 Å². The van der Waals surface area contributed by atoms with Crippen LogP contribution in [0, 0.1) is 0 Å². The summed E-state index contributed by atoms with van der Waals surface area (Å²) >= 11 is 1.71. The number of phenolic OH excluding ortho intramolecular Hbond substituents is 1. The average molecular weight is 553 g/mol. The highest BCUT2D eigenvalue weighted by Gasteiger charge is 2.34. The van der Waals surface area contributed by atoms with Gasteiger partial charge in [-0.1, -0.05) is 93.7 Å². The van der Waals surface area contributed by atoms with Crippen molar-refractivity contribution in [2.24, 2.45) is 0 Å². The summed E-state index contributed by atoms with van der Waals surface area (Å²) in [5, 5.41) is 15.5. The van der Waals surface area contributed by atoms with Crippen LogP contribution in [0.1, 0.15) is 82.5 Å². The van der Waals surface area contributed by atoms with E-state index in [1.54, 1.807) is 30.0 Å². The molecule has 2 amide bonds. The summed E-state index contributed by atoms with van der Waals surface area (Å²) in [6.07, 6.45) is 29.3. The Labute approximate surface area is 240 Å². The molecule has 0 aliphatic heterocycles. The fraction of sp³-hybridized carbons (Fsp3) is 0.455. The Morgan fingerprint density at radius 2 is 1.28 bits per heavy atom. The Bertz CT molecular complexity index is 975. The molecule has 0 saturated carbocycles. The number of amides is 2. The first kappa shape index (κ1) is 34.0. The second-order valence-corrected chi connectivity index (χ2v) is 10.6. The molecular formula is C33H48N2O3S. The van der Waals surface area contributed by atoms with E-state index < -0.39 is 4.75 Å². The number of para-hydroxylation sites is 1. The van der Waals surface area contributed by atoms with E-state index in [0.717, 1.165) is 57.1 Å². The highest BCUT2D eigenvalue weighted by atomic mass is 32.2. The van der Waals surface area contributed by atoms with Gasteiger partial charge in [-0.15, -0.1) is 11.8 Å². The fourth-order valence-electron chi connectivity index (χ4n) is 3.81. The molecule has 1 aromatic carbocycles. The molecule has 5 nitrogen and oxygen atoms in total. The number of rotatable bonds is 20. The van der Waals surface area contributed by atoms with Crippen LogP contribution in [-0.4, -0.2) is 40.5 Å². The summed E-state index contributed by atoms with van der Waals surface area (Å²) < 4.78 is -0.469. The van der Waals surface area contributed by atoms with Gasteiger partial charge in [-0.2, -0.15) is 0 Å². The van der Waals surface area contributed by atoms with Gasteiger partial charge in [0.05, 0.1) is 10.3 Å². The van der Waals surface area contributed by atoms with Crippen LogP contribution in [0.25, 0.3) is 0 Å². The molecule has 214 valence electrons. The summed E-state index contributed by atoms with van der Waals surface area (Å²) in [5.41, 5.74) is 0.228. The maximum atomic E-state index is 13.0. The number of carbonyl (C=O) groups excluding carboxylic acids is 2. The number of allylic oxidation sites excluding steroid dienone is 10. The molecule has 0 aliphatic carbocycles. The highest BCUT2D eigenvalue weighted by molar-refractivity contribution is 8.01. The van der Waals surface area contributed by atoms with Gasteiger partial charge < -0.3 is 15.7 Å². The van der Waals surface area contributed by atoms with Crippen molar-refractivity contribution in [1.82, 2.24) is 10.6 Å². The molecule has 0 aliphatic rings. The molecule has 0 bridgehead atoms. The van der Waals surface area contributed by atoms with Crippen molar-refractivity contribution in [2.75, 3.05) is 18.8 Å². The van der Waals surface area contributed by atoms with Crippen molar-refractivity contribution in [3.63, 3.8) is 0 Å². The minimum absolute atomic E-state index is 0.0121. The molecule has 0 atom stereocenters. The maximum absolute atomic E-state index is 13.0. The van der Waals surface area contributed by atoms with Crippen LogP contribution in [0.15, 0.2) is 85.0 Å². The molecular weight excluding hydrogens is 504 g/mol. The van der Waals surface area contributed by atoms with Crippen LogP contribution in [0.4, 0.5) is 0 Å². The first-order valence-electron chi connectivity index (χ1n) is 14.2. The van der Waals surface area contributed by atoms with Crippen molar-refractivity contribution in [1.29, 1.82) is 0 Å². The van der Waals surface area contributed by atoms with E-state index in [1.807, 2.05) is 13.8 Å². The van der Waals surface area contributed by atoms with Gasteiger partial charge in [0.2, 0.25) is 5.91 Å². The Morgan fingerprint density at radius 3 is 1.82 bits per heavy atom. The highest BCUT2D eigenvalue weighted by Crippen LogP contribution is 2.33. The number of carbonyl (C=O) groups is 2. The van der Waals surface area contributed by atoms with Crippen LogP contribution in [0.2, 0.25) is 0 Å². The van der Waals surface area contributed by atoms with E-state index in [2.05, 4.69) is 78.3 Å². The normalized spacial score (nSPS) is 12.5. The van der Waals surface area contributed by atoms with Crippen LogP contribution >= 0.6 is 11.8 Å². The number of nitrogens with one attached hydrogen (secondary N) is 2. The maximum Gasteiger partial charge on any atom is 0.255 e. The van der Waals surface area contributed by atoms with Gasteiger partial charge in [0.15, 0.2) is 0 Å². The van der Waals surface area contributed by atoms with Crippen LogP contribution < -0.4 is 10.6 Å². The zero-order chi connectivity index (χ0) is 28.6. The molecule has 0 spiro atoms. The Hall–Kier alpha value is -2.99. The van der Waals surface area contributed by atoms with Crippen LogP contribution in [-0.2, 0) is 4.79 Å². The molecule has 0 fully saturated rings. The molecule has 6 heteroatoms. The summed E-state index contributed by atoms with van der Waals surface area (Å²) in [4.78, 5) is 25.2. The number of hydrogen-bond acceptors (Lipinski definition) is 4. The lowest BCUT2D eigenvalue weighted by atomic mass is 10.0. The monoisotopic (exact) mass is 552 g/mol. The molecule has 0 saturated heterocycles. The van der Waals surface area contributed by atoms with Gasteiger partial charge in [-0.3, -0.25) is 9.59 Å². The van der Waals surface area contributed by atoms with Gasteiger partial charge >= 0.3 is 0 Å². The lowest BCUT2D eigenvalue weighted by molar-refractivity contribution is -0.123. The van der Waals surface area contributed by atoms with E-state index in [0.29, 0.717) is 13.1 Å². The topological polar surface area (TPSA) is 78.4 Å². The first-order chi connectivity index (χ1) is 19.0. The molecule has 1 aromatic rings. The van der Waals surface area contributed by atoms with Gasteiger partial charge in [0, 0.05) is 13.1 Å². The largest absolute Gasteiger partial charge is 0.507 e. The Kier molecular flexibility index (Phi) is 19.1. The van der Waals surface area contributed by atoms with E-state index in [9.17, 15) is 14.7 Å². The standard InChI is InChI=1S/C33H48N2O3S/c1-4-7-8-9-10-11-12-13-14-15-16-17-18-19-20-23-28-39-33(5-2,6-3)32(38)35-27-26-34-31(37)29-24-21-22-25-30(29)36/h7-8,10-11,13-14,16-17,19-22,24-25,36H,4-6,9,12,15,18,23,26-28H2,1-3H3,(H,34,37)(H,35,38)/b8-7-,11-10-,14-13-,17-16-,20-19-. The summed E-state index contributed by atoms with van der Waals surface area (Å²) in [6, 6.07) is 6.41. The Balaban J connectivity index is 2.26. The Morgan fingerprint density at radius 1 is 0.769 bits per heavy atom. The quantitative estimate of drug-likeness (QED) is 0.115. The number of hydrogen-bond donors (Lipinski definition) is 3. The minimum atomic E-state index is -0.469.